The van der Waals surface area contributed by atoms with Crippen molar-refractivity contribution in [2.75, 3.05) is 6.54 Å². The van der Waals surface area contributed by atoms with Gasteiger partial charge in [-0.05, 0) is 45.6 Å². The summed E-state index contributed by atoms with van der Waals surface area (Å²) < 4.78 is 0. The molecule has 0 aromatic carbocycles. The maximum absolute atomic E-state index is 2.79. The largest absolute Gasteiger partial charge is 0.295 e. The summed E-state index contributed by atoms with van der Waals surface area (Å²) in [5.74, 6) is 0. The summed E-state index contributed by atoms with van der Waals surface area (Å²) in [5, 5.41) is 0. The molecule has 2 unspecified atom stereocenters. The lowest BCUT2D eigenvalue weighted by Crippen LogP contribution is -2.40. The Morgan fingerprint density at radius 2 is 2.25 bits per heavy atom. The quantitative estimate of drug-likeness (QED) is 0.611. The van der Waals surface area contributed by atoms with Crippen LogP contribution < -0.4 is 0 Å². The monoisotopic (exact) mass is 167 g/mol. The number of nitrogens with zero attached hydrogens (tertiary/aromatic N) is 1. The van der Waals surface area contributed by atoms with Gasteiger partial charge in [-0.2, -0.15) is 0 Å². The van der Waals surface area contributed by atoms with Gasteiger partial charge in [0.2, 0.25) is 0 Å². The van der Waals surface area contributed by atoms with Crippen molar-refractivity contribution in [1.29, 1.82) is 0 Å². The third kappa shape index (κ3) is 1.10. The number of hydrogen-bond acceptors (Lipinski definition) is 1. The van der Waals surface area contributed by atoms with Crippen LogP contribution in [0.1, 0.15) is 52.4 Å². The Morgan fingerprint density at radius 1 is 1.42 bits per heavy atom. The molecule has 0 aliphatic carbocycles. The summed E-state index contributed by atoms with van der Waals surface area (Å²) in [7, 11) is 0. The molecule has 2 rings (SSSR count). The molecule has 0 saturated carbocycles. The van der Waals surface area contributed by atoms with Gasteiger partial charge in [0.1, 0.15) is 0 Å². The zero-order valence-corrected chi connectivity index (χ0v) is 8.47. The van der Waals surface area contributed by atoms with E-state index < -0.39 is 0 Å². The molecule has 0 aromatic rings. The lowest BCUT2D eigenvalue weighted by Gasteiger charge is -2.34. The number of fused-ring (bicyclic) bond motifs is 1. The van der Waals surface area contributed by atoms with Gasteiger partial charge in [0.05, 0.1) is 0 Å². The molecule has 0 aromatic heterocycles. The van der Waals surface area contributed by atoms with Gasteiger partial charge in [-0.3, -0.25) is 4.90 Å². The van der Waals surface area contributed by atoms with Crippen LogP contribution in [-0.4, -0.2) is 23.0 Å². The minimum absolute atomic E-state index is 0.661. The molecule has 70 valence electrons. The topological polar surface area (TPSA) is 3.24 Å². The first-order valence-corrected chi connectivity index (χ1v) is 5.55. The molecular weight excluding hydrogens is 146 g/mol. The molecule has 2 aliphatic heterocycles. The Hall–Kier alpha value is -0.0400. The number of rotatable bonds is 2. The zero-order chi connectivity index (χ0) is 8.60. The summed E-state index contributed by atoms with van der Waals surface area (Å²) in [4.78, 5) is 2.79. The minimum Gasteiger partial charge on any atom is -0.295 e. The Balaban J connectivity index is 2.11. The highest BCUT2D eigenvalue weighted by molar-refractivity contribution is 5.02. The van der Waals surface area contributed by atoms with Crippen LogP contribution in [0.3, 0.4) is 0 Å². The first-order chi connectivity index (χ1) is 5.78. The molecule has 0 radical (unpaired) electrons. The van der Waals surface area contributed by atoms with Crippen molar-refractivity contribution in [3.8, 4) is 0 Å². The average Bonchev–Trinajstić information content (AvgIpc) is 2.55. The van der Waals surface area contributed by atoms with Gasteiger partial charge >= 0.3 is 0 Å². The molecule has 1 heteroatoms. The highest BCUT2D eigenvalue weighted by Crippen LogP contribution is 2.44. The van der Waals surface area contributed by atoms with Crippen molar-refractivity contribution in [3.63, 3.8) is 0 Å². The fourth-order valence-corrected chi connectivity index (χ4v) is 3.41. The third-order valence-electron chi connectivity index (χ3n) is 3.93. The fraction of sp³-hybridized carbons (Fsp3) is 1.00. The molecule has 1 nitrogen and oxygen atoms in total. The van der Waals surface area contributed by atoms with Crippen LogP contribution in [0.5, 0.6) is 0 Å². The van der Waals surface area contributed by atoms with E-state index >= 15 is 0 Å². The first-order valence-electron chi connectivity index (χ1n) is 5.55. The van der Waals surface area contributed by atoms with Crippen LogP contribution in [0.25, 0.3) is 0 Å². The molecular formula is C11H21N. The van der Waals surface area contributed by atoms with Crippen LogP contribution in [-0.2, 0) is 0 Å². The van der Waals surface area contributed by atoms with Gasteiger partial charge in [0.25, 0.3) is 0 Å². The molecule has 2 aliphatic rings. The molecule has 12 heavy (non-hydrogen) atoms. The van der Waals surface area contributed by atoms with E-state index in [1.165, 1.54) is 45.1 Å². The van der Waals surface area contributed by atoms with E-state index in [-0.39, 0.29) is 0 Å². The van der Waals surface area contributed by atoms with Crippen LogP contribution in [0.15, 0.2) is 0 Å². The van der Waals surface area contributed by atoms with Gasteiger partial charge in [0.15, 0.2) is 0 Å². The third-order valence-corrected chi connectivity index (χ3v) is 3.93. The van der Waals surface area contributed by atoms with Crippen molar-refractivity contribution in [2.45, 2.75) is 64.0 Å². The van der Waals surface area contributed by atoms with E-state index in [1.807, 2.05) is 0 Å². The van der Waals surface area contributed by atoms with Crippen LogP contribution in [0.2, 0.25) is 0 Å². The molecule has 2 fully saturated rings. The normalized spacial score (nSPS) is 42.0. The lowest BCUT2D eigenvalue weighted by molar-refractivity contribution is 0.147. The van der Waals surface area contributed by atoms with E-state index in [2.05, 4.69) is 18.7 Å². The molecule has 0 spiro atoms. The fourth-order valence-electron chi connectivity index (χ4n) is 3.41. The molecule has 0 N–H and O–H groups in total. The highest BCUT2D eigenvalue weighted by atomic mass is 15.3. The SMILES string of the molecule is CCCC12CCCN1C(C)CC2. The van der Waals surface area contributed by atoms with Crippen molar-refractivity contribution in [1.82, 2.24) is 4.90 Å². The summed E-state index contributed by atoms with van der Waals surface area (Å²) in [6.07, 6.45) is 8.65. The molecule has 2 saturated heterocycles. The van der Waals surface area contributed by atoms with E-state index in [4.69, 9.17) is 0 Å². The predicted molar refractivity (Wildman–Crippen MR) is 52.3 cm³/mol. The molecule has 0 bridgehead atoms. The summed E-state index contributed by atoms with van der Waals surface area (Å²) in [6.45, 7) is 6.11. The predicted octanol–water partition coefficient (Wildman–Crippen LogP) is 2.80. The van der Waals surface area contributed by atoms with E-state index in [0.29, 0.717) is 5.54 Å². The standard InChI is InChI=1S/C11H21N/c1-3-6-11-7-4-9-12(11)10(2)5-8-11/h10H,3-9H2,1-2H3. The van der Waals surface area contributed by atoms with Crippen molar-refractivity contribution < 1.29 is 0 Å². The molecule has 2 heterocycles. The Bertz CT molecular complexity index is 162. The average molecular weight is 167 g/mol. The van der Waals surface area contributed by atoms with Gasteiger partial charge in [-0.25, -0.2) is 0 Å². The van der Waals surface area contributed by atoms with Crippen molar-refractivity contribution in [2.24, 2.45) is 0 Å². The van der Waals surface area contributed by atoms with Gasteiger partial charge < -0.3 is 0 Å². The van der Waals surface area contributed by atoms with Crippen molar-refractivity contribution in [3.05, 3.63) is 0 Å². The van der Waals surface area contributed by atoms with Crippen LogP contribution in [0, 0.1) is 0 Å². The maximum atomic E-state index is 2.79. The Kier molecular flexibility index (Phi) is 2.16. The first kappa shape index (κ1) is 8.55. The van der Waals surface area contributed by atoms with Crippen LogP contribution >= 0.6 is 0 Å². The Labute approximate surface area is 76.1 Å². The summed E-state index contributed by atoms with van der Waals surface area (Å²) in [5.41, 5.74) is 0.661. The van der Waals surface area contributed by atoms with E-state index in [1.54, 1.807) is 0 Å². The smallest absolute Gasteiger partial charge is 0.0213 e. The maximum Gasteiger partial charge on any atom is 0.0213 e. The van der Waals surface area contributed by atoms with Crippen LogP contribution in [0.4, 0.5) is 0 Å². The lowest BCUT2D eigenvalue weighted by atomic mass is 9.89. The van der Waals surface area contributed by atoms with Gasteiger partial charge in [-0.1, -0.05) is 13.3 Å². The second kappa shape index (κ2) is 3.02. The zero-order valence-electron chi connectivity index (χ0n) is 8.47. The molecule has 0 amide bonds. The number of hydrogen-bond donors (Lipinski definition) is 0. The summed E-state index contributed by atoms with van der Waals surface area (Å²) >= 11 is 0. The van der Waals surface area contributed by atoms with Crippen molar-refractivity contribution >= 4 is 0 Å². The Morgan fingerprint density at radius 3 is 3.00 bits per heavy atom. The summed E-state index contributed by atoms with van der Waals surface area (Å²) in [6, 6.07) is 0.874. The van der Waals surface area contributed by atoms with Gasteiger partial charge in [0, 0.05) is 11.6 Å². The van der Waals surface area contributed by atoms with Gasteiger partial charge in [-0.15, -0.1) is 0 Å². The second-order valence-electron chi connectivity index (χ2n) is 4.66. The van der Waals surface area contributed by atoms with E-state index in [0.717, 1.165) is 6.04 Å². The highest BCUT2D eigenvalue weighted by Gasteiger charge is 2.46. The minimum atomic E-state index is 0.661. The second-order valence-corrected chi connectivity index (χ2v) is 4.66. The van der Waals surface area contributed by atoms with E-state index in [9.17, 15) is 0 Å². The molecule has 2 atom stereocenters.